The number of rotatable bonds is 6. The lowest BCUT2D eigenvalue weighted by atomic mass is 9.79. The van der Waals surface area contributed by atoms with Crippen molar-refractivity contribution >= 4 is 16.8 Å². The third-order valence-electron chi connectivity index (χ3n) is 6.22. The maximum Gasteiger partial charge on any atom is 0.328 e. The predicted molar refractivity (Wildman–Crippen MR) is 111 cm³/mol. The lowest BCUT2D eigenvalue weighted by Gasteiger charge is -2.27. The molecular formula is C22H28N4O3. The van der Waals surface area contributed by atoms with Gasteiger partial charge in [-0.3, -0.25) is 18.6 Å². The fourth-order valence-corrected chi connectivity index (χ4v) is 4.50. The van der Waals surface area contributed by atoms with Crippen molar-refractivity contribution in [2.24, 2.45) is 25.9 Å². The number of carbonyl (C=O) groups is 1. The Morgan fingerprint density at radius 3 is 2.55 bits per heavy atom. The van der Waals surface area contributed by atoms with E-state index in [1.165, 1.54) is 0 Å². The third-order valence-corrected chi connectivity index (χ3v) is 6.22. The quantitative estimate of drug-likeness (QED) is 0.642. The van der Waals surface area contributed by atoms with E-state index in [2.05, 4.69) is 5.10 Å². The number of aromatic nitrogens is 4. The summed E-state index contributed by atoms with van der Waals surface area (Å²) in [5.41, 5.74) is 2.66. The highest BCUT2D eigenvalue weighted by molar-refractivity contribution is 5.83. The van der Waals surface area contributed by atoms with Gasteiger partial charge in [-0.1, -0.05) is 0 Å². The number of aryl methyl sites for hydroxylation is 2. The van der Waals surface area contributed by atoms with E-state index in [0.717, 1.165) is 48.2 Å². The number of ether oxygens (including phenoxy) is 1. The van der Waals surface area contributed by atoms with Crippen molar-refractivity contribution in [2.75, 3.05) is 7.11 Å². The van der Waals surface area contributed by atoms with Gasteiger partial charge in [0.1, 0.15) is 11.5 Å². The molecule has 1 aromatic carbocycles. The van der Waals surface area contributed by atoms with Gasteiger partial charge < -0.3 is 4.74 Å². The SMILES string of the molecule is COc1ccc2c(c1)n(CC1CCC(C(=O)Cc3ccn(C)n3)CC1)c(=O)n2C. The van der Waals surface area contributed by atoms with Gasteiger partial charge in [-0.05, 0) is 49.8 Å². The van der Waals surface area contributed by atoms with Gasteiger partial charge in [0, 0.05) is 38.8 Å². The number of hydrogen-bond acceptors (Lipinski definition) is 4. The highest BCUT2D eigenvalue weighted by Gasteiger charge is 2.27. The van der Waals surface area contributed by atoms with Crippen LogP contribution in [0.2, 0.25) is 0 Å². The first-order valence-electron chi connectivity index (χ1n) is 10.2. The molecule has 0 unspecified atom stereocenters. The molecule has 0 spiro atoms. The van der Waals surface area contributed by atoms with Crippen molar-refractivity contribution in [1.29, 1.82) is 0 Å². The minimum absolute atomic E-state index is 0.00149. The van der Waals surface area contributed by atoms with Crippen LogP contribution in [0.5, 0.6) is 5.75 Å². The van der Waals surface area contributed by atoms with Gasteiger partial charge in [-0.2, -0.15) is 5.10 Å². The fourth-order valence-electron chi connectivity index (χ4n) is 4.50. The van der Waals surface area contributed by atoms with Crippen LogP contribution in [0, 0.1) is 11.8 Å². The summed E-state index contributed by atoms with van der Waals surface area (Å²) in [5, 5.41) is 4.32. The summed E-state index contributed by atoms with van der Waals surface area (Å²) < 4.78 is 10.6. The minimum Gasteiger partial charge on any atom is -0.497 e. The highest BCUT2D eigenvalue weighted by atomic mass is 16.5. The van der Waals surface area contributed by atoms with Crippen molar-refractivity contribution < 1.29 is 9.53 Å². The maximum atomic E-state index is 12.8. The second-order valence-corrected chi connectivity index (χ2v) is 8.15. The van der Waals surface area contributed by atoms with Crippen LogP contribution in [0.25, 0.3) is 11.0 Å². The zero-order valence-corrected chi connectivity index (χ0v) is 17.3. The number of fused-ring (bicyclic) bond motifs is 1. The molecule has 1 saturated carbocycles. The Kier molecular flexibility index (Phi) is 5.30. The summed E-state index contributed by atoms with van der Waals surface area (Å²) in [4.78, 5) is 25.4. The van der Waals surface area contributed by atoms with E-state index in [4.69, 9.17) is 4.74 Å². The molecule has 154 valence electrons. The summed E-state index contributed by atoms with van der Waals surface area (Å²) in [6.07, 6.45) is 5.99. The molecular weight excluding hydrogens is 368 g/mol. The number of carbonyl (C=O) groups excluding carboxylic acids is 1. The molecule has 0 amide bonds. The van der Waals surface area contributed by atoms with Crippen LogP contribution in [-0.4, -0.2) is 31.8 Å². The molecule has 0 bridgehead atoms. The second-order valence-electron chi connectivity index (χ2n) is 8.15. The zero-order valence-electron chi connectivity index (χ0n) is 17.3. The molecule has 7 nitrogen and oxygen atoms in total. The molecule has 0 atom stereocenters. The van der Waals surface area contributed by atoms with Gasteiger partial charge in [0.25, 0.3) is 0 Å². The van der Waals surface area contributed by atoms with E-state index < -0.39 is 0 Å². The van der Waals surface area contributed by atoms with Crippen LogP contribution in [0.1, 0.15) is 31.4 Å². The van der Waals surface area contributed by atoms with E-state index in [-0.39, 0.29) is 17.4 Å². The fraction of sp³-hybridized carbons (Fsp3) is 0.500. The Labute approximate surface area is 169 Å². The number of imidazole rings is 1. The Bertz CT molecular complexity index is 1080. The maximum absolute atomic E-state index is 12.8. The van der Waals surface area contributed by atoms with Gasteiger partial charge in [0.15, 0.2) is 0 Å². The predicted octanol–water partition coefficient (Wildman–Crippen LogP) is 2.70. The first-order chi connectivity index (χ1) is 14.0. The average Bonchev–Trinajstić information content (AvgIpc) is 3.24. The average molecular weight is 396 g/mol. The minimum atomic E-state index is 0.00149. The molecule has 4 rings (SSSR count). The summed E-state index contributed by atoms with van der Waals surface area (Å²) in [7, 11) is 5.31. The molecule has 0 saturated heterocycles. The molecule has 0 aliphatic heterocycles. The van der Waals surface area contributed by atoms with Gasteiger partial charge in [0.2, 0.25) is 0 Å². The van der Waals surface area contributed by atoms with E-state index >= 15 is 0 Å². The first-order valence-corrected chi connectivity index (χ1v) is 10.2. The summed E-state index contributed by atoms with van der Waals surface area (Å²) in [6.45, 7) is 0.685. The van der Waals surface area contributed by atoms with E-state index in [1.807, 2.05) is 42.1 Å². The highest BCUT2D eigenvalue weighted by Crippen LogP contribution is 2.32. The van der Waals surface area contributed by atoms with Crippen molar-refractivity contribution in [3.05, 3.63) is 46.6 Å². The van der Waals surface area contributed by atoms with Gasteiger partial charge in [-0.15, -0.1) is 0 Å². The van der Waals surface area contributed by atoms with Crippen LogP contribution >= 0.6 is 0 Å². The summed E-state index contributed by atoms with van der Waals surface area (Å²) >= 11 is 0. The normalized spacial score (nSPS) is 19.6. The smallest absolute Gasteiger partial charge is 0.328 e. The number of Topliss-reactive ketones (excluding diaryl/α,β-unsaturated/α-hetero) is 1. The molecule has 3 aromatic rings. The number of nitrogens with zero attached hydrogens (tertiary/aromatic N) is 4. The topological polar surface area (TPSA) is 71.1 Å². The van der Waals surface area contributed by atoms with Crippen LogP contribution in [0.15, 0.2) is 35.3 Å². The Balaban J connectivity index is 1.43. The lowest BCUT2D eigenvalue weighted by molar-refractivity contribution is -0.123. The van der Waals surface area contributed by atoms with Gasteiger partial charge in [0.05, 0.1) is 30.3 Å². The molecule has 1 aliphatic rings. The van der Waals surface area contributed by atoms with Crippen molar-refractivity contribution in [3.8, 4) is 5.75 Å². The zero-order chi connectivity index (χ0) is 20.5. The molecule has 29 heavy (non-hydrogen) atoms. The molecule has 0 radical (unpaired) electrons. The number of benzene rings is 1. The molecule has 7 heteroatoms. The Morgan fingerprint density at radius 1 is 1.14 bits per heavy atom. The Morgan fingerprint density at radius 2 is 1.90 bits per heavy atom. The lowest BCUT2D eigenvalue weighted by Crippen LogP contribution is -2.29. The van der Waals surface area contributed by atoms with Crippen LogP contribution in [0.3, 0.4) is 0 Å². The van der Waals surface area contributed by atoms with Crippen molar-refractivity contribution in [3.63, 3.8) is 0 Å². The molecule has 2 heterocycles. The Hall–Kier alpha value is -2.83. The van der Waals surface area contributed by atoms with Gasteiger partial charge >= 0.3 is 5.69 Å². The van der Waals surface area contributed by atoms with Crippen molar-refractivity contribution in [2.45, 2.75) is 38.6 Å². The second kappa shape index (κ2) is 7.89. The number of methoxy groups -OCH3 is 1. The van der Waals surface area contributed by atoms with Crippen LogP contribution in [-0.2, 0) is 31.9 Å². The molecule has 0 N–H and O–H groups in total. The van der Waals surface area contributed by atoms with Crippen molar-refractivity contribution in [1.82, 2.24) is 18.9 Å². The molecule has 1 fully saturated rings. The summed E-state index contributed by atoms with van der Waals surface area (Å²) in [5.74, 6) is 1.55. The van der Waals surface area contributed by atoms with E-state index in [1.54, 1.807) is 23.4 Å². The number of ketones is 1. The summed E-state index contributed by atoms with van der Waals surface area (Å²) in [6, 6.07) is 7.65. The van der Waals surface area contributed by atoms with E-state index in [0.29, 0.717) is 18.9 Å². The van der Waals surface area contributed by atoms with Crippen LogP contribution < -0.4 is 10.4 Å². The third kappa shape index (κ3) is 3.86. The standard InChI is InChI=1S/C22H28N4O3/c1-24-11-10-17(23-24)12-21(27)16-6-4-15(5-7-16)14-26-20-13-18(29-3)8-9-19(20)25(2)22(26)28/h8-11,13,15-16H,4-7,12,14H2,1-3H3. The van der Waals surface area contributed by atoms with E-state index in [9.17, 15) is 9.59 Å². The van der Waals surface area contributed by atoms with Gasteiger partial charge in [-0.25, -0.2) is 4.79 Å². The molecule has 1 aliphatic carbocycles. The van der Waals surface area contributed by atoms with Crippen LogP contribution in [0.4, 0.5) is 0 Å². The largest absolute Gasteiger partial charge is 0.497 e. The monoisotopic (exact) mass is 396 g/mol. The first kappa shape index (κ1) is 19.5. The molecule has 2 aromatic heterocycles. The number of hydrogen-bond donors (Lipinski definition) is 0.